The molecular weight excluding hydrogens is 354 g/mol. The number of fused-ring (bicyclic) bond motifs is 1. The zero-order chi connectivity index (χ0) is 18.9. The van der Waals surface area contributed by atoms with Gasteiger partial charge in [0, 0.05) is 5.56 Å². The van der Waals surface area contributed by atoms with Crippen LogP contribution in [0.5, 0.6) is 0 Å². The van der Waals surface area contributed by atoms with E-state index in [9.17, 15) is 18.0 Å². The molecule has 3 rings (SSSR count). The summed E-state index contributed by atoms with van der Waals surface area (Å²) >= 11 is 0. The quantitative estimate of drug-likeness (QED) is 0.639. The summed E-state index contributed by atoms with van der Waals surface area (Å²) in [5.41, 5.74) is 3.11. The first-order valence-corrected chi connectivity index (χ1v) is 9.80. The van der Waals surface area contributed by atoms with Gasteiger partial charge in [0.15, 0.2) is 6.10 Å². The highest BCUT2D eigenvalue weighted by Crippen LogP contribution is 2.23. The Morgan fingerprint density at radius 3 is 2.27 bits per heavy atom. The number of nitrogens with two attached hydrogens (primary N) is 1. The maximum Gasteiger partial charge on any atom is 0.338 e. The fraction of sp³-hybridized carbons (Fsp3) is 0.263. The number of hydrogen-bond acceptors (Lipinski definition) is 5. The smallest absolute Gasteiger partial charge is 0.338 e. The molecule has 1 aliphatic rings. The minimum Gasteiger partial charge on any atom is -0.451 e. The maximum absolute atomic E-state index is 12.5. The molecule has 2 aromatic rings. The van der Waals surface area contributed by atoms with Gasteiger partial charge >= 0.3 is 5.97 Å². The van der Waals surface area contributed by atoms with Gasteiger partial charge in [-0.2, -0.15) is 0 Å². The van der Waals surface area contributed by atoms with E-state index in [4.69, 9.17) is 9.88 Å². The molecule has 26 heavy (non-hydrogen) atoms. The van der Waals surface area contributed by atoms with Crippen molar-refractivity contribution in [3.63, 3.8) is 0 Å². The molecule has 0 unspecified atom stereocenters. The maximum atomic E-state index is 12.5. The Hall–Kier alpha value is -2.51. The van der Waals surface area contributed by atoms with E-state index in [1.807, 2.05) is 12.1 Å². The second-order valence-electron chi connectivity index (χ2n) is 6.32. The Bertz CT molecular complexity index is 964. The first-order valence-electron chi connectivity index (χ1n) is 8.25. The Labute approximate surface area is 152 Å². The normalized spacial score (nSPS) is 14.5. The molecule has 0 aliphatic heterocycles. The molecule has 0 amide bonds. The number of sulfonamides is 1. The Kier molecular flexibility index (Phi) is 4.93. The zero-order valence-electron chi connectivity index (χ0n) is 14.3. The van der Waals surface area contributed by atoms with E-state index < -0.39 is 22.1 Å². The van der Waals surface area contributed by atoms with Crippen LogP contribution in [0.15, 0.2) is 47.4 Å². The summed E-state index contributed by atoms with van der Waals surface area (Å²) in [5.74, 6) is -0.970. The summed E-state index contributed by atoms with van der Waals surface area (Å²) in [4.78, 5) is 24.6. The Balaban J connectivity index is 1.69. The second-order valence-corrected chi connectivity index (χ2v) is 7.88. The van der Waals surface area contributed by atoms with Crippen LogP contribution in [-0.2, 0) is 27.6 Å². The summed E-state index contributed by atoms with van der Waals surface area (Å²) in [6, 6.07) is 10.6. The van der Waals surface area contributed by atoms with Gasteiger partial charge in [0.1, 0.15) is 0 Å². The van der Waals surface area contributed by atoms with Crippen LogP contribution in [0.2, 0.25) is 0 Å². The average Bonchev–Trinajstić information content (AvgIpc) is 3.08. The molecule has 1 aliphatic carbocycles. The van der Waals surface area contributed by atoms with Crippen molar-refractivity contribution in [3.8, 4) is 0 Å². The van der Waals surface area contributed by atoms with Crippen molar-refractivity contribution in [3.05, 3.63) is 64.7 Å². The fourth-order valence-corrected chi connectivity index (χ4v) is 3.54. The molecular formula is C19H19NO5S. The summed E-state index contributed by atoms with van der Waals surface area (Å²) in [7, 11) is -3.83. The van der Waals surface area contributed by atoms with Crippen molar-refractivity contribution in [2.45, 2.75) is 37.2 Å². The predicted octanol–water partition coefficient (Wildman–Crippen LogP) is 2.25. The van der Waals surface area contributed by atoms with Crippen LogP contribution in [0.4, 0.5) is 0 Å². The number of Topliss-reactive ketones (excluding diaryl/α,β-unsaturated/α-hetero) is 1. The van der Waals surface area contributed by atoms with Crippen molar-refractivity contribution in [1.82, 2.24) is 0 Å². The number of carbonyl (C=O) groups is 2. The molecule has 0 saturated carbocycles. The van der Waals surface area contributed by atoms with Gasteiger partial charge in [-0.1, -0.05) is 12.1 Å². The standard InChI is InChI=1S/C19H19NO5S/c1-12(18(21)16-6-5-13-3-2-4-15(13)11-16)25-19(22)14-7-9-17(10-8-14)26(20,23)24/h5-12H,2-4H2,1H3,(H2,20,23,24)/t12-/m1/s1. The van der Waals surface area contributed by atoms with E-state index in [0.29, 0.717) is 5.56 Å². The van der Waals surface area contributed by atoms with Crippen LogP contribution >= 0.6 is 0 Å². The minimum absolute atomic E-state index is 0.101. The molecule has 0 fully saturated rings. The summed E-state index contributed by atoms with van der Waals surface area (Å²) < 4.78 is 27.7. The molecule has 136 valence electrons. The first-order chi connectivity index (χ1) is 12.3. The predicted molar refractivity (Wildman–Crippen MR) is 95.5 cm³/mol. The van der Waals surface area contributed by atoms with Crippen LogP contribution in [0.3, 0.4) is 0 Å². The molecule has 0 bridgehead atoms. The van der Waals surface area contributed by atoms with E-state index in [0.717, 1.165) is 19.3 Å². The van der Waals surface area contributed by atoms with Crippen LogP contribution in [0, 0.1) is 0 Å². The number of ketones is 1. The van der Waals surface area contributed by atoms with Crippen molar-refractivity contribution >= 4 is 21.8 Å². The third-order valence-electron chi connectivity index (χ3n) is 4.45. The van der Waals surface area contributed by atoms with Gasteiger partial charge in [0.25, 0.3) is 0 Å². The van der Waals surface area contributed by atoms with Gasteiger partial charge in [0.2, 0.25) is 15.8 Å². The van der Waals surface area contributed by atoms with E-state index in [2.05, 4.69) is 0 Å². The third kappa shape index (κ3) is 3.84. The lowest BCUT2D eigenvalue weighted by atomic mass is 10.0. The van der Waals surface area contributed by atoms with Gasteiger partial charge in [-0.25, -0.2) is 18.4 Å². The molecule has 6 nitrogen and oxygen atoms in total. The number of rotatable bonds is 5. The lowest BCUT2D eigenvalue weighted by Crippen LogP contribution is -2.24. The molecule has 0 spiro atoms. The van der Waals surface area contributed by atoms with Crippen molar-refractivity contribution < 1.29 is 22.7 Å². The molecule has 0 aromatic heterocycles. The van der Waals surface area contributed by atoms with Gasteiger partial charge in [-0.3, -0.25) is 4.79 Å². The van der Waals surface area contributed by atoms with E-state index >= 15 is 0 Å². The third-order valence-corrected chi connectivity index (χ3v) is 5.38. The number of esters is 1. The summed E-state index contributed by atoms with van der Waals surface area (Å²) in [5, 5.41) is 5.02. The number of primary sulfonamides is 1. The van der Waals surface area contributed by atoms with Crippen LogP contribution in [0.25, 0.3) is 0 Å². The van der Waals surface area contributed by atoms with Crippen molar-refractivity contribution in [1.29, 1.82) is 0 Å². The molecule has 0 saturated heterocycles. The average molecular weight is 373 g/mol. The molecule has 1 atom stereocenters. The number of hydrogen-bond donors (Lipinski definition) is 1. The van der Waals surface area contributed by atoms with E-state index in [1.165, 1.54) is 42.3 Å². The Morgan fingerprint density at radius 2 is 1.62 bits per heavy atom. The molecule has 2 aromatic carbocycles. The summed E-state index contributed by atoms with van der Waals surface area (Å²) in [6.45, 7) is 1.52. The van der Waals surface area contributed by atoms with Gasteiger partial charge in [0.05, 0.1) is 10.5 Å². The van der Waals surface area contributed by atoms with Gasteiger partial charge < -0.3 is 4.74 Å². The first kappa shape index (κ1) is 18.3. The van der Waals surface area contributed by atoms with Crippen LogP contribution in [-0.4, -0.2) is 26.3 Å². The van der Waals surface area contributed by atoms with Gasteiger partial charge in [-0.15, -0.1) is 0 Å². The largest absolute Gasteiger partial charge is 0.451 e. The second kappa shape index (κ2) is 7.01. The molecule has 7 heteroatoms. The number of carbonyl (C=O) groups excluding carboxylic acids is 2. The number of ether oxygens (including phenoxy) is 1. The van der Waals surface area contributed by atoms with Gasteiger partial charge in [-0.05, 0) is 67.6 Å². The SMILES string of the molecule is C[C@@H](OC(=O)c1ccc(S(N)(=O)=O)cc1)C(=O)c1ccc2c(c1)CCC2. The fourth-order valence-electron chi connectivity index (χ4n) is 3.02. The van der Waals surface area contributed by atoms with E-state index in [-0.39, 0.29) is 16.2 Å². The topological polar surface area (TPSA) is 104 Å². The van der Waals surface area contributed by atoms with Crippen molar-refractivity contribution in [2.75, 3.05) is 0 Å². The lowest BCUT2D eigenvalue weighted by Gasteiger charge is -2.13. The number of aryl methyl sites for hydroxylation is 2. The lowest BCUT2D eigenvalue weighted by molar-refractivity contribution is 0.0318. The Morgan fingerprint density at radius 1 is 1.00 bits per heavy atom. The monoisotopic (exact) mass is 373 g/mol. The summed E-state index contributed by atoms with van der Waals surface area (Å²) in [6.07, 6.45) is 2.13. The highest BCUT2D eigenvalue weighted by molar-refractivity contribution is 7.89. The minimum atomic E-state index is -3.83. The molecule has 0 heterocycles. The molecule has 2 N–H and O–H groups in total. The van der Waals surface area contributed by atoms with Crippen LogP contribution in [0.1, 0.15) is 45.2 Å². The van der Waals surface area contributed by atoms with Crippen LogP contribution < -0.4 is 5.14 Å². The highest BCUT2D eigenvalue weighted by atomic mass is 32.2. The number of benzene rings is 2. The zero-order valence-corrected chi connectivity index (χ0v) is 15.1. The molecule has 0 radical (unpaired) electrons. The van der Waals surface area contributed by atoms with E-state index in [1.54, 1.807) is 6.07 Å². The van der Waals surface area contributed by atoms with Crippen molar-refractivity contribution in [2.24, 2.45) is 5.14 Å². The highest BCUT2D eigenvalue weighted by Gasteiger charge is 2.22.